The van der Waals surface area contributed by atoms with Gasteiger partial charge in [-0.05, 0) is 36.2 Å². The molecule has 8 heteroatoms. The number of halogens is 1. The standard InChI is InChI=1S/C13H13FN4O2S/c14-10-4-3-9-5-7-18(12(9)8-10)21(19,20)13-11(17-15)2-1-6-16-13/h1-4,6,8,17H,5,7,15H2. The van der Waals surface area contributed by atoms with Crippen LogP contribution in [0.1, 0.15) is 5.56 Å². The van der Waals surface area contributed by atoms with E-state index in [2.05, 4.69) is 10.4 Å². The number of hydrogen-bond acceptors (Lipinski definition) is 5. The second kappa shape index (κ2) is 4.97. The number of nitrogen functional groups attached to an aromatic ring is 1. The molecule has 0 unspecified atom stereocenters. The SMILES string of the molecule is NNc1cccnc1S(=O)(=O)N1CCc2ccc(F)cc21. The van der Waals surface area contributed by atoms with Crippen LogP contribution in [0.5, 0.6) is 0 Å². The molecule has 0 saturated carbocycles. The molecule has 0 bridgehead atoms. The molecule has 0 amide bonds. The molecule has 3 N–H and O–H groups in total. The number of aromatic nitrogens is 1. The first-order chi connectivity index (χ1) is 10.0. The van der Waals surface area contributed by atoms with E-state index < -0.39 is 15.8 Å². The van der Waals surface area contributed by atoms with Crippen molar-refractivity contribution in [1.29, 1.82) is 0 Å². The lowest BCUT2D eigenvalue weighted by atomic mass is 10.2. The van der Waals surface area contributed by atoms with E-state index in [1.807, 2.05) is 0 Å². The molecule has 2 aromatic rings. The maximum Gasteiger partial charge on any atom is 0.284 e. The van der Waals surface area contributed by atoms with Crippen LogP contribution in [-0.4, -0.2) is 19.9 Å². The summed E-state index contributed by atoms with van der Waals surface area (Å²) in [5, 5.41) is -0.176. The lowest BCUT2D eigenvalue weighted by Gasteiger charge is -2.20. The van der Waals surface area contributed by atoms with Gasteiger partial charge in [-0.2, -0.15) is 8.42 Å². The van der Waals surface area contributed by atoms with E-state index in [1.165, 1.54) is 24.4 Å². The number of fused-ring (bicyclic) bond motifs is 1. The molecule has 0 atom stereocenters. The molecule has 0 fully saturated rings. The van der Waals surface area contributed by atoms with Crippen LogP contribution in [0.25, 0.3) is 0 Å². The third-order valence-corrected chi connectivity index (χ3v) is 5.13. The smallest absolute Gasteiger partial charge is 0.284 e. The van der Waals surface area contributed by atoms with E-state index in [0.29, 0.717) is 12.1 Å². The number of nitrogens with two attached hydrogens (primary N) is 1. The summed E-state index contributed by atoms with van der Waals surface area (Å²) < 4.78 is 40.0. The normalized spacial score (nSPS) is 14.1. The van der Waals surface area contributed by atoms with E-state index in [0.717, 1.165) is 9.87 Å². The van der Waals surface area contributed by atoms with Gasteiger partial charge in [-0.1, -0.05) is 6.07 Å². The van der Waals surface area contributed by atoms with Gasteiger partial charge in [-0.25, -0.2) is 9.37 Å². The minimum atomic E-state index is -3.90. The van der Waals surface area contributed by atoms with Gasteiger partial charge in [0.25, 0.3) is 10.0 Å². The van der Waals surface area contributed by atoms with Gasteiger partial charge in [0.1, 0.15) is 5.82 Å². The third kappa shape index (κ3) is 2.22. The van der Waals surface area contributed by atoms with Crippen molar-refractivity contribution in [2.45, 2.75) is 11.4 Å². The summed E-state index contributed by atoms with van der Waals surface area (Å²) in [6, 6.07) is 7.23. The predicted octanol–water partition coefficient (Wildman–Crippen LogP) is 1.26. The van der Waals surface area contributed by atoms with Crippen LogP contribution in [0.2, 0.25) is 0 Å². The van der Waals surface area contributed by atoms with E-state index in [4.69, 9.17) is 5.84 Å². The fraction of sp³-hybridized carbons (Fsp3) is 0.154. The number of pyridine rings is 1. The summed E-state index contributed by atoms with van der Waals surface area (Å²) in [6.45, 7) is 0.252. The zero-order valence-corrected chi connectivity index (χ0v) is 11.8. The number of nitrogens with zero attached hydrogens (tertiary/aromatic N) is 2. The number of nitrogens with one attached hydrogen (secondary N) is 1. The second-order valence-electron chi connectivity index (χ2n) is 4.60. The number of hydrazine groups is 1. The zero-order chi connectivity index (χ0) is 15.0. The first-order valence-corrected chi connectivity index (χ1v) is 7.71. The van der Waals surface area contributed by atoms with Gasteiger partial charge in [0, 0.05) is 12.7 Å². The maximum absolute atomic E-state index is 13.4. The van der Waals surface area contributed by atoms with Crippen molar-refractivity contribution < 1.29 is 12.8 Å². The van der Waals surface area contributed by atoms with Crippen molar-refractivity contribution in [3.05, 3.63) is 47.9 Å². The van der Waals surface area contributed by atoms with Gasteiger partial charge in [-0.15, -0.1) is 0 Å². The van der Waals surface area contributed by atoms with Gasteiger partial charge >= 0.3 is 0 Å². The second-order valence-corrected chi connectivity index (χ2v) is 6.38. The van der Waals surface area contributed by atoms with Crippen LogP contribution in [-0.2, 0) is 16.4 Å². The third-order valence-electron chi connectivity index (χ3n) is 3.36. The summed E-state index contributed by atoms with van der Waals surface area (Å²) in [7, 11) is -3.90. The van der Waals surface area contributed by atoms with Crippen molar-refractivity contribution in [3.8, 4) is 0 Å². The highest BCUT2D eigenvalue weighted by Crippen LogP contribution is 2.34. The Kier molecular flexibility index (Phi) is 3.26. The molecule has 1 aromatic carbocycles. The van der Waals surface area contributed by atoms with Crippen molar-refractivity contribution in [2.75, 3.05) is 16.3 Å². The topological polar surface area (TPSA) is 88.3 Å². The minimum Gasteiger partial charge on any atom is -0.321 e. The Morgan fingerprint density at radius 1 is 1.33 bits per heavy atom. The Morgan fingerprint density at radius 3 is 2.90 bits per heavy atom. The van der Waals surface area contributed by atoms with E-state index in [9.17, 15) is 12.8 Å². The maximum atomic E-state index is 13.4. The summed E-state index contributed by atoms with van der Waals surface area (Å²) in [6.07, 6.45) is 1.91. The van der Waals surface area contributed by atoms with Crippen LogP contribution in [0.15, 0.2) is 41.6 Å². The average Bonchev–Trinajstić information content (AvgIpc) is 2.90. The van der Waals surface area contributed by atoms with Gasteiger partial charge in [0.05, 0.1) is 11.4 Å². The van der Waals surface area contributed by atoms with Gasteiger partial charge < -0.3 is 5.43 Å². The zero-order valence-electron chi connectivity index (χ0n) is 11.0. The Balaban J connectivity index is 2.11. The average molecular weight is 308 g/mol. The highest BCUT2D eigenvalue weighted by Gasteiger charge is 2.33. The summed E-state index contributed by atoms with van der Waals surface area (Å²) in [5.74, 6) is 4.85. The van der Waals surface area contributed by atoms with Crippen molar-refractivity contribution >= 4 is 21.4 Å². The molecule has 0 saturated heterocycles. The van der Waals surface area contributed by atoms with Crippen molar-refractivity contribution in [1.82, 2.24) is 4.98 Å². The number of sulfonamides is 1. The molecule has 1 aromatic heterocycles. The molecule has 6 nitrogen and oxygen atoms in total. The van der Waals surface area contributed by atoms with Crippen LogP contribution in [0.4, 0.5) is 15.8 Å². The molecule has 0 spiro atoms. The highest BCUT2D eigenvalue weighted by molar-refractivity contribution is 7.92. The Bertz CT molecular complexity index is 795. The van der Waals surface area contributed by atoms with Crippen LogP contribution < -0.4 is 15.6 Å². The minimum absolute atomic E-state index is 0.176. The van der Waals surface area contributed by atoms with E-state index in [1.54, 1.807) is 12.1 Å². The van der Waals surface area contributed by atoms with Crippen LogP contribution in [0.3, 0.4) is 0 Å². The number of anilines is 2. The van der Waals surface area contributed by atoms with Crippen LogP contribution >= 0.6 is 0 Å². The lowest BCUT2D eigenvalue weighted by Crippen LogP contribution is -2.31. The van der Waals surface area contributed by atoms with Crippen molar-refractivity contribution in [2.24, 2.45) is 5.84 Å². The summed E-state index contributed by atoms with van der Waals surface area (Å²) in [5.41, 5.74) is 3.66. The Hall–Kier alpha value is -2.19. The van der Waals surface area contributed by atoms with E-state index in [-0.39, 0.29) is 17.3 Å². The largest absolute Gasteiger partial charge is 0.321 e. The summed E-state index contributed by atoms with van der Waals surface area (Å²) in [4.78, 5) is 3.90. The molecule has 0 radical (unpaired) electrons. The quantitative estimate of drug-likeness (QED) is 0.658. The Morgan fingerprint density at radius 2 is 2.14 bits per heavy atom. The van der Waals surface area contributed by atoms with Gasteiger partial charge in [0.15, 0.2) is 0 Å². The predicted molar refractivity (Wildman–Crippen MR) is 76.7 cm³/mol. The monoisotopic (exact) mass is 308 g/mol. The first-order valence-electron chi connectivity index (χ1n) is 6.27. The molecular formula is C13H13FN4O2S. The van der Waals surface area contributed by atoms with Gasteiger partial charge in [0.2, 0.25) is 5.03 Å². The first kappa shape index (κ1) is 13.8. The summed E-state index contributed by atoms with van der Waals surface area (Å²) >= 11 is 0. The molecule has 110 valence electrons. The molecule has 2 heterocycles. The Labute approximate surface area is 121 Å². The molecule has 21 heavy (non-hydrogen) atoms. The van der Waals surface area contributed by atoms with Crippen LogP contribution in [0, 0.1) is 5.82 Å². The fourth-order valence-electron chi connectivity index (χ4n) is 2.38. The lowest BCUT2D eigenvalue weighted by molar-refractivity contribution is 0.588. The van der Waals surface area contributed by atoms with Crippen molar-refractivity contribution in [3.63, 3.8) is 0 Å². The molecule has 1 aliphatic heterocycles. The molecule has 0 aliphatic carbocycles. The fourth-order valence-corrected chi connectivity index (χ4v) is 3.95. The van der Waals surface area contributed by atoms with E-state index >= 15 is 0 Å². The number of benzene rings is 1. The molecular weight excluding hydrogens is 295 g/mol. The highest BCUT2D eigenvalue weighted by atomic mass is 32.2. The molecule has 3 rings (SSSR count). The van der Waals surface area contributed by atoms with Gasteiger partial charge in [-0.3, -0.25) is 10.1 Å². The molecule has 1 aliphatic rings. The number of hydrogen-bond donors (Lipinski definition) is 2. The number of rotatable bonds is 3.